The molecule has 0 bridgehead atoms. The van der Waals surface area contributed by atoms with E-state index < -0.39 is 0 Å². The van der Waals surface area contributed by atoms with Gasteiger partial charge in [0, 0.05) is 30.8 Å². The summed E-state index contributed by atoms with van der Waals surface area (Å²) in [6, 6.07) is 6.04. The van der Waals surface area contributed by atoms with E-state index in [1.807, 2.05) is 6.07 Å². The summed E-state index contributed by atoms with van der Waals surface area (Å²) in [6.45, 7) is 3.45. The zero-order chi connectivity index (χ0) is 15.5. The lowest BCUT2D eigenvalue weighted by molar-refractivity contribution is 0.234. The van der Waals surface area contributed by atoms with Gasteiger partial charge in [-0.1, -0.05) is 19.4 Å². The number of amides is 2. The van der Waals surface area contributed by atoms with E-state index in [1.54, 1.807) is 7.11 Å². The number of urea groups is 1. The normalized spacial score (nSPS) is 15.6. The van der Waals surface area contributed by atoms with Crippen LogP contribution in [0, 0.1) is 0 Å². The fourth-order valence-corrected chi connectivity index (χ4v) is 2.95. The number of carbonyl (C=O) groups excluding carboxylic acids is 1. The molecule has 0 aliphatic carbocycles. The van der Waals surface area contributed by atoms with Gasteiger partial charge in [0.2, 0.25) is 0 Å². The van der Waals surface area contributed by atoms with Gasteiger partial charge in [-0.25, -0.2) is 4.79 Å². The zero-order valence-corrected chi connectivity index (χ0v) is 13.1. The number of aryl methyl sites for hydroxylation is 1. The fraction of sp³-hybridized carbons (Fsp3) is 0.471. The summed E-state index contributed by atoms with van der Waals surface area (Å²) in [5, 5.41) is 6.80. The number of nitrogens with one attached hydrogen (secondary N) is 2. The average Bonchev–Trinajstić information content (AvgIpc) is 2.97. The van der Waals surface area contributed by atoms with Crippen LogP contribution in [0.25, 0.3) is 11.0 Å². The zero-order valence-electron chi connectivity index (χ0n) is 13.1. The molecule has 1 aromatic heterocycles. The molecule has 3 rings (SSSR count). The Morgan fingerprint density at radius 1 is 1.32 bits per heavy atom. The van der Waals surface area contributed by atoms with E-state index in [9.17, 15) is 4.79 Å². The Hall–Kier alpha value is -2.17. The van der Waals surface area contributed by atoms with E-state index in [1.165, 1.54) is 5.56 Å². The van der Waals surface area contributed by atoms with E-state index in [0.29, 0.717) is 13.1 Å². The summed E-state index contributed by atoms with van der Waals surface area (Å²) in [5.41, 5.74) is 2.00. The molecule has 5 nitrogen and oxygen atoms in total. The Bertz CT molecular complexity index is 668. The van der Waals surface area contributed by atoms with Crippen LogP contribution in [-0.4, -0.2) is 26.2 Å². The minimum Gasteiger partial charge on any atom is -0.493 e. The number of rotatable bonds is 5. The summed E-state index contributed by atoms with van der Waals surface area (Å²) >= 11 is 0. The van der Waals surface area contributed by atoms with Gasteiger partial charge < -0.3 is 19.8 Å². The molecule has 0 unspecified atom stereocenters. The highest BCUT2D eigenvalue weighted by molar-refractivity contribution is 5.88. The Morgan fingerprint density at radius 2 is 2.09 bits per heavy atom. The molecule has 0 saturated carbocycles. The molecule has 2 amide bonds. The molecule has 5 heteroatoms. The average molecular weight is 302 g/mol. The first-order valence-corrected chi connectivity index (χ1v) is 7.84. The number of methoxy groups -OCH3 is 1. The number of hydrogen-bond acceptors (Lipinski definition) is 3. The van der Waals surface area contributed by atoms with Crippen molar-refractivity contribution in [2.24, 2.45) is 0 Å². The van der Waals surface area contributed by atoms with Crippen LogP contribution in [0.15, 0.2) is 22.6 Å². The van der Waals surface area contributed by atoms with Gasteiger partial charge >= 0.3 is 6.03 Å². The molecule has 0 radical (unpaired) electrons. The van der Waals surface area contributed by atoms with Crippen molar-refractivity contribution in [3.05, 3.63) is 29.5 Å². The predicted octanol–water partition coefficient (Wildman–Crippen LogP) is 3.18. The van der Waals surface area contributed by atoms with Gasteiger partial charge in [-0.3, -0.25) is 0 Å². The van der Waals surface area contributed by atoms with Crippen LogP contribution in [0.1, 0.15) is 37.0 Å². The van der Waals surface area contributed by atoms with Crippen LogP contribution in [0.2, 0.25) is 0 Å². The SMILES string of the molecule is CCCCc1cc2c(C3CNC(=O)NC3)ccc(OC)c2o1. The number of unbranched alkanes of at least 4 members (excludes halogenated alkanes) is 1. The molecule has 2 heterocycles. The second-order valence-corrected chi connectivity index (χ2v) is 5.70. The third-order valence-electron chi connectivity index (χ3n) is 4.19. The van der Waals surface area contributed by atoms with Crippen LogP contribution >= 0.6 is 0 Å². The van der Waals surface area contributed by atoms with Crippen LogP contribution < -0.4 is 15.4 Å². The molecule has 1 saturated heterocycles. The third kappa shape index (κ3) is 2.75. The standard InChI is InChI=1S/C17H22N2O3/c1-3-4-5-12-8-14-13(11-9-18-17(20)19-10-11)6-7-15(21-2)16(14)22-12/h6-8,11H,3-5,9-10H2,1-2H3,(H2,18,19,20). The molecule has 22 heavy (non-hydrogen) atoms. The van der Waals surface area contributed by atoms with Gasteiger partial charge in [0.25, 0.3) is 0 Å². The summed E-state index contributed by atoms with van der Waals surface area (Å²) in [7, 11) is 1.66. The summed E-state index contributed by atoms with van der Waals surface area (Å²) in [5.74, 6) is 1.99. The maximum absolute atomic E-state index is 11.3. The molecule has 2 N–H and O–H groups in total. The van der Waals surface area contributed by atoms with Gasteiger partial charge in [0.15, 0.2) is 11.3 Å². The van der Waals surface area contributed by atoms with Crippen molar-refractivity contribution in [2.75, 3.05) is 20.2 Å². The number of ether oxygens (including phenoxy) is 1. The first-order chi connectivity index (χ1) is 10.7. The Labute approximate surface area is 130 Å². The van der Waals surface area contributed by atoms with E-state index in [2.05, 4.69) is 29.7 Å². The van der Waals surface area contributed by atoms with Gasteiger partial charge in [0.05, 0.1) is 7.11 Å². The Morgan fingerprint density at radius 3 is 2.77 bits per heavy atom. The summed E-state index contributed by atoms with van der Waals surface area (Å²) in [6.07, 6.45) is 3.19. The molecule has 0 atom stereocenters. The van der Waals surface area contributed by atoms with Gasteiger partial charge in [-0.05, 0) is 24.1 Å². The van der Waals surface area contributed by atoms with Crippen molar-refractivity contribution in [3.63, 3.8) is 0 Å². The van der Waals surface area contributed by atoms with Crippen molar-refractivity contribution in [1.29, 1.82) is 0 Å². The smallest absolute Gasteiger partial charge is 0.314 e. The van der Waals surface area contributed by atoms with E-state index in [-0.39, 0.29) is 11.9 Å². The lowest BCUT2D eigenvalue weighted by Gasteiger charge is -2.24. The lowest BCUT2D eigenvalue weighted by Crippen LogP contribution is -2.47. The van der Waals surface area contributed by atoms with Gasteiger partial charge in [0.1, 0.15) is 5.76 Å². The lowest BCUT2D eigenvalue weighted by atomic mass is 9.94. The molecule has 0 spiro atoms. The van der Waals surface area contributed by atoms with Crippen molar-refractivity contribution in [3.8, 4) is 5.75 Å². The van der Waals surface area contributed by atoms with Crippen LogP contribution in [0.5, 0.6) is 5.75 Å². The minimum absolute atomic E-state index is 0.100. The highest BCUT2D eigenvalue weighted by Gasteiger charge is 2.23. The van der Waals surface area contributed by atoms with E-state index >= 15 is 0 Å². The third-order valence-corrected chi connectivity index (χ3v) is 4.19. The van der Waals surface area contributed by atoms with Gasteiger partial charge in [-0.2, -0.15) is 0 Å². The van der Waals surface area contributed by atoms with Crippen LogP contribution in [0.3, 0.4) is 0 Å². The molecule has 2 aromatic rings. The predicted molar refractivity (Wildman–Crippen MR) is 85.5 cm³/mol. The Balaban J connectivity index is 1.99. The first kappa shape index (κ1) is 14.8. The highest BCUT2D eigenvalue weighted by Crippen LogP contribution is 2.35. The maximum Gasteiger partial charge on any atom is 0.314 e. The minimum atomic E-state index is -0.100. The van der Waals surface area contributed by atoms with E-state index in [0.717, 1.165) is 41.7 Å². The molecule has 1 aromatic carbocycles. The molecular weight excluding hydrogens is 280 g/mol. The molecule has 1 aliphatic rings. The quantitative estimate of drug-likeness (QED) is 0.891. The number of fused-ring (bicyclic) bond motifs is 1. The summed E-state index contributed by atoms with van der Waals surface area (Å²) in [4.78, 5) is 11.3. The monoisotopic (exact) mass is 302 g/mol. The van der Waals surface area contributed by atoms with Crippen molar-refractivity contribution >= 4 is 17.0 Å². The van der Waals surface area contributed by atoms with Crippen molar-refractivity contribution < 1.29 is 13.9 Å². The topological polar surface area (TPSA) is 63.5 Å². The number of hydrogen-bond donors (Lipinski definition) is 2. The molecular formula is C17H22N2O3. The summed E-state index contributed by atoms with van der Waals surface area (Å²) < 4.78 is 11.4. The number of carbonyl (C=O) groups is 1. The fourth-order valence-electron chi connectivity index (χ4n) is 2.95. The number of benzene rings is 1. The largest absolute Gasteiger partial charge is 0.493 e. The van der Waals surface area contributed by atoms with Crippen LogP contribution in [0.4, 0.5) is 4.79 Å². The van der Waals surface area contributed by atoms with E-state index in [4.69, 9.17) is 9.15 Å². The maximum atomic E-state index is 11.3. The van der Waals surface area contributed by atoms with Gasteiger partial charge in [-0.15, -0.1) is 0 Å². The molecule has 118 valence electrons. The first-order valence-electron chi connectivity index (χ1n) is 7.84. The highest BCUT2D eigenvalue weighted by atomic mass is 16.5. The van der Waals surface area contributed by atoms with Crippen molar-refractivity contribution in [1.82, 2.24) is 10.6 Å². The second-order valence-electron chi connectivity index (χ2n) is 5.70. The number of furan rings is 1. The van der Waals surface area contributed by atoms with Crippen molar-refractivity contribution in [2.45, 2.75) is 32.1 Å². The van der Waals surface area contributed by atoms with Crippen LogP contribution in [-0.2, 0) is 6.42 Å². The molecule has 1 aliphatic heterocycles. The second kappa shape index (κ2) is 6.30. The molecule has 1 fully saturated rings. The Kier molecular flexibility index (Phi) is 4.22.